The molecule has 0 amide bonds. The lowest BCUT2D eigenvalue weighted by molar-refractivity contribution is 0.484. The second-order valence-corrected chi connectivity index (χ2v) is 7.19. The maximum atomic E-state index is 2.45. The van der Waals surface area contributed by atoms with Crippen molar-refractivity contribution in [3.05, 3.63) is 34.4 Å². The van der Waals surface area contributed by atoms with Gasteiger partial charge in [0.15, 0.2) is 0 Å². The lowest BCUT2D eigenvalue weighted by Gasteiger charge is -2.17. The van der Waals surface area contributed by atoms with Crippen molar-refractivity contribution in [1.29, 1.82) is 0 Å². The van der Waals surface area contributed by atoms with Crippen LogP contribution in [0.2, 0.25) is 0 Å². The highest BCUT2D eigenvalue weighted by atomic mass is 14.2. The van der Waals surface area contributed by atoms with E-state index >= 15 is 0 Å². The molecule has 118 valence electrons. The van der Waals surface area contributed by atoms with Crippen molar-refractivity contribution in [2.24, 2.45) is 5.92 Å². The van der Waals surface area contributed by atoms with Gasteiger partial charge in [0.2, 0.25) is 0 Å². The molecule has 2 rings (SSSR count). The first kappa shape index (κ1) is 16.6. The van der Waals surface area contributed by atoms with Gasteiger partial charge in [-0.2, -0.15) is 0 Å². The lowest BCUT2D eigenvalue weighted by atomic mass is 9.88. The largest absolute Gasteiger partial charge is 0.0651 e. The number of rotatable bonds is 8. The van der Waals surface area contributed by atoms with Gasteiger partial charge in [0.05, 0.1) is 0 Å². The van der Waals surface area contributed by atoms with Crippen molar-refractivity contribution in [3.63, 3.8) is 0 Å². The summed E-state index contributed by atoms with van der Waals surface area (Å²) in [5.41, 5.74) is 6.77. The predicted octanol–water partition coefficient (Wildman–Crippen LogP) is 6.45. The van der Waals surface area contributed by atoms with Gasteiger partial charge in [0.25, 0.3) is 0 Å². The first-order chi connectivity index (χ1) is 10.2. The monoisotopic (exact) mass is 286 g/mol. The Kier molecular flexibility index (Phi) is 6.33. The van der Waals surface area contributed by atoms with Crippen LogP contribution in [0.25, 0.3) is 0 Å². The van der Waals surface area contributed by atoms with Crippen LogP contribution < -0.4 is 0 Å². The topological polar surface area (TPSA) is 0 Å². The van der Waals surface area contributed by atoms with Crippen LogP contribution in [0.5, 0.6) is 0 Å². The fourth-order valence-corrected chi connectivity index (χ4v) is 3.74. The quantitative estimate of drug-likeness (QED) is 0.482. The van der Waals surface area contributed by atoms with Gasteiger partial charge in [-0.3, -0.25) is 0 Å². The summed E-state index contributed by atoms with van der Waals surface area (Å²) in [6.45, 7) is 9.40. The summed E-state index contributed by atoms with van der Waals surface area (Å²) in [7, 11) is 0. The molecule has 0 saturated heterocycles. The molecule has 0 heteroatoms. The van der Waals surface area contributed by atoms with Crippen LogP contribution in [0.4, 0.5) is 0 Å². The first-order valence-corrected chi connectivity index (χ1v) is 9.30. The third-order valence-corrected chi connectivity index (χ3v) is 5.65. The third-order valence-electron chi connectivity index (χ3n) is 5.65. The molecular weight excluding hydrogens is 252 g/mol. The predicted molar refractivity (Wildman–Crippen MR) is 94.2 cm³/mol. The van der Waals surface area contributed by atoms with E-state index < -0.39 is 0 Å². The van der Waals surface area contributed by atoms with Gasteiger partial charge in [0, 0.05) is 0 Å². The molecule has 1 aromatic carbocycles. The Balaban J connectivity index is 2.00. The van der Waals surface area contributed by atoms with Crippen LogP contribution in [-0.4, -0.2) is 0 Å². The standard InChI is InChI=1S/C21H34/c1-5-16(3)10-7-8-11-18-14-15-19(17(4)6-2)21-13-9-12-20(18)21/h14-17H,5-13H2,1-4H3. The van der Waals surface area contributed by atoms with E-state index in [-0.39, 0.29) is 0 Å². The van der Waals surface area contributed by atoms with E-state index in [1.54, 1.807) is 22.3 Å². The normalized spacial score (nSPS) is 16.8. The van der Waals surface area contributed by atoms with Crippen molar-refractivity contribution in [3.8, 4) is 0 Å². The summed E-state index contributed by atoms with van der Waals surface area (Å²) < 4.78 is 0. The molecule has 0 fully saturated rings. The number of hydrogen-bond acceptors (Lipinski definition) is 0. The van der Waals surface area contributed by atoms with E-state index in [4.69, 9.17) is 0 Å². The molecule has 2 unspecified atom stereocenters. The average Bonchev–Trinajstić information content (AvgIpc) is 3.00. The van der Waals surface area contributed by atoms with Gasteiger partial charge in [0.1, 0.15) is 0 Å². The molecule has 1 aliphatic carbocycles. The molecule has 0 spiro atoms. The molecule has 1 aliphatic rings. The molecule has 0 bridgehead atoms. The summed E-state index contributed by atoms with van der Waals surface area (Å²) in [6, 6.07) is 4.90. The molecule has 2 atom stereocenters. The SMILES string of the molecule is CCC(C)CCCCc1ccc(C(C)CC)c2c1CCC2. The van der Waals surface area contributed by atoms with Gasteiger partial charge in [-0.1, -0.05) is 59.1 Å². The fourth-order valence-electron chi connectivity index (χ4n) is 3.74. The zero-order chi connectivity index (χ0) is 15.2. The number of benzene rings is 1. The second-order valence-electron chi connectivity index (χ2n) is 7.19. The van der Waals surface area contributed by atoms with Gasteiger partial charge in [-0.05, 0) is 72.6 Å². The molecule has 0 saturated carbocycles. The summed E-state index contributed by atoms with van der Waals surface area (Å²) in [4.78, 5) is 0. The zero-order valence-electron chi connectivity index (χ0n) is 14.7. The highest BCUT2D eigenvalue weighted by molar-refractivity contribution is 5.45. The third kappa shape index (κ3) is 4.11. The number of fused-ring (bicyclic) bond motifs is 1. The van der Waals surface area contributed by atoms with Crippen LogP contribution in [0.15, 0.2) is 12.1 Å². The van der Waals surface area contributed by atoms with Crippen LogP contribution in [-0.2, 0) is 19.3 Å². The summed E-state index contributed by atoms with van der Waals surface area (Å²) in [6.07, 6.45) is 12.1. The Bertz CT molecular complexity index is 444. The minimum Gasteiger partial charge on any atom is -0.0651 e. The van der Waals surface area contributed by atoms with E-state index in [0.29, 0.717) is 0 Å². The Hall–Kier alpha value is -0.780. The van der Waals surface area contributed by atoms with E-state index in [9.17, 15) is 0 Å². The van der Waals surface area contributed by atoms with Crippen molar-refractivity contribution in [2.45, 2.75) is 91.4 Å². The van der Waals surface area contributed by atoms with E-state index in [1.165, 1.54) is 57.8 Å². The van der Waals surface area contributed by atoms with Crippen molar-refractivity contribution < 1.29 is 0 Å². The number of aryl methyl sites for hydroxylation is 1. The molecule has 0 heterocycles. The van der Waals surface area contributed by atoms with Crippen LogP contribution in [0, 0.1) is 5.92 Å². The molecular formula is C21H34. The number of hydrogen-bond donors (Lipinski definition) is 0. The molecule has 0 aromatic heterocycles. The molecule has 21 heavy (non-hydrogen) atoms. The first-order valence-electron chi connectivity index (χ1n) is 9.30. The Morgan fingerprint density at radius 2 is 1.71 bits per heavy atom. The number of unbranched alkanes of at least 4 members (excludes halogenated alkanes) is 1. The van der Waals surface area contributed by atoms with Crippen molar-refractivity contribution in [1.82, 2.24) is 0 Å². The Labute approximate surface area is 132 Å². The summed E-state index contributed by atoms with van der Waals surface area (Å²) in [5, 5.41) is 0. The summed E-state index contributed by atoms with van der Waals surface area (Å²) in [5.74, 6) is 1.64. The van der Waals surface area contributed by atoms with E-state index in [0.717, 1.165) is 11.8 Å². The minimum absolute atomic E-state index is 0.733. The lowest BCUT2D eigenvalue weighted by Crippen LogP contribution is -2.02. The Morgan fingerprint density at radius 1 is 0.952 bits per heavy atom. The molecule has 1 aromatic rings. The smallest absolute Gasteiger partial charge is 0.0190 e. The highest BCUT2D eigenvalue weighted by Gasteiger charge is 2.20. The maximum Gasteiger partial charge on any atom is -0.0190 e. The van der Waals surface area contributed by atoms with Gasteiger partial charge >= 0.3 is 0 Å². The molecule has 0 nitrogen and oxygen atoms in total. The van der Waals surface area contributed by atoms with Crippen molar-refractivity contribution >= 4 is 0 Å². The molecule has 0 N–H and O–H groups in total. The van der Waals surface area contributed by atoms with Gasteiger partial charge < -0.3 is 0 Å². The van der Waals surface area contributed by atoms with Crippen LogP contribution >= 0.6 is 0 Å². The average molecular weight is 287 g/mol. The second kappa shape index (κ2) is 8.01. The fraction of sp³-hybridized carbons (Fsp3) is 0.714. The van der Waals surface area contributed by atoms with Gasteiger partial charge in [-0.15, -0.1) is 0 Å². The van der Waals surface area contributed by atoms with E-state index in [2.05, 4.69) is 39.8 Å². The van der Waals surface area contributed by atoms with Crippen molar-refractivity contribution in [2.75, 3.05) is 0 Å². The van der Waals surface area contributed by atoms with Gasteiger partial charge in [-0.25, -0.2) is 0 Å². The van der Waals surface area contributed by atoms with Crippen LogP contribution in [0.1, 0.15) is 94.4 Å². The molecule has 0 aliphatic heterocycles. The van der Waals surface area contributed by atoms with E-state index in [1.807, 2.05) is 0 Å². The summed E-state index contributed by atoms with van der Waals surface area (Å²) >= 11 is 0. The van der Waals surface area contributed by atoms with Crippen LogP contribution in [0.3, 0.4) is 0 Å². The highest BCUT2D eigenvalue weighted by Crippen LogP contribution is 2.34. The minimum atomic E-state index is 0.733. The maximum absolute atomic E-state index is 2.45. The molecule has 0 radical (unpaired) electrons. The zero-order valence-corrected chi connectivity index (χ0v) is 14.7. The Morgan fingerprint density at radius 3 is 2.43 bits per heavy atom.